The van der Waals surface area contributed by atoms with Crippen molar-refractivity contribution in [3.63, 3.8) is 0 Å². The highest BCUT2D eigenvalue weighted by Gasteiger charge is 1.94. The van der Waals surface area contributed by atoms with Gasteiger partial charge in [-0.3, -0.25) is 0 Å². The lowest BCUT2D eigenvalue weighted by Crippen LogP contribution is -1.88. The quantitative estimate of drug-likeness (QED) is 0.323. The molecule has 0 aromatic carbocycles. The number of aliphatic hydroxyl groups is 1. The van der Waals surface area contributed by atoms with Gasteiger partial charge in [0.05, 0.1) is 0 Å². The Kier molecular flexibility index (Phi) is 19.6. The monoisotopic (exact) mass is 302 g/mol. The summed E-state index contributed by atoms with van der Waals surface area (Å²) in [6.07, 6.45) is 19.2. The first-order valence-electron chi connectivity index (χ1n) is 9.10. The van der Waals surface area contributed by atoms with E-state index < -0.39 is 0 Å². The molecule has 122 valence electrons. The largest absolute Gasteiger partial charge is 0.396 e. The Morgan fingerprint density at radius 1 is 0.550 bits per heavy atom. The van der Waals surface area contributed by atoms with E-state index in [0.717, 1.165) is 6.42 Å². The average molecular weight is 303 g/mol. The first-order valence-corrected chi connectivity index (χ1v) is 10.3. The van der Waals surface area contributed by atoms with Crippen LogP contribution in [-0.4, -0.2) is 23.2 Å². The Bertz CT molecular complexity index is 143. The van der Waals surface area contributed by atoms with Gasteiger partial charge >= 0.3 is 0 Å². The minimum atomic E-state index is 0.367. The van der Waals surface area contributed by atoms with Crippen LogP contribution in [0.1, 0.15) is 96.8 Å². The summed E-state index contributed by atoms with van der Waals surface area (Å²) in [6, 6.07) is 0. The van der Waals surface area contributed by atoms with Crippen LogP contribution in [0.5, 0.6) is 0 Å². The molecule has 0 rings (SSSR count). The van der Waals surface area contributed by atoms with Gasteiger partial charge in [-0.1, -0.05) is 77.6 Å². The fourth-order valence-electron chi connectivity index (χ4n) is 2.46. The van der Waals surface area contributed by atoms with Crippen LogP contribution in [0.4, 0.5) is 0 Å². The molecule has 0 unspecified atom stereocenters. The highest BCUT2D eigenvalue weighted by atomic mass is 32.2. The van der Waals surface area contributed by atoms with Gasteiger partial charge in [0, 0.05) is 6.61 Å². The van der Waals surface area contributed by atoms with Gasteiger partial charge < -0.3 is 5.11 Å². The van der Waals surface area contributed by atoms with Gasteiger partial charge in [0.15, 0.2) is 0 Å². The summed E-state index contributed by atoms with van der Waals surface area (Å²) in [5, 5.41) is 8.68. The second kappa shape index (κ2) is 19.3. The molecule has 0 radical (unpaired) electrons. The van der Waals surface area contributed by atoms with Gasteiger partial charge in [0.1, 0.15) is 0 Å². The van der Waals surface area contributed by atoms with Crippen molar-refractivity contribution in [2.45, 2.75) is 96.8 Å². The van der Waals surface area contributed by atoms with E-state index in [0.29, 0.717) is 6.61 Å². The predicted octanol–water partition coefficient (Wildman–Crippen LogP) is 6.19. The van der Waals surface area contributed by atoms with E-state index in [1.165, 1.54) is 95.0 Å². The molecule has 0 heterocycles. The van der Waals surface area contributed by atoms with Crippen molar-refractivity contribution < 1.29 is 5.11 Å². The van der Waals surface area contributed by atoms with Gasteiger partial charge in [-0.25, -0.2) is 0 Å². The van der Waals surface area contributed by atoms with Crippen LogP contribution in [0.2, 0.25) is 0 Å². The summed E-state index contributed by atoms with van der Waals surface area (Å²) < 4.78 is 0. The Morgan fingerprint density at radius 2 is 0.950 bits per heavy atom. The lowest BCUT2D eigenvalue weighted by Gasteiger charge is -2.03. The third-order valence-corrected chi connectivity index (χ3v) is 4.99. The Balaban J connectivity index is 2.89. The van der Waals surface area contributed by atoms with Gasteiger partial charge in [0.2, 0.25) is 0 Å². The van der Waals surface area contributed by atoms with Crippen LogP contribution in [0, 0.1) is 0 Å². The molecule has 0 aliphatic carbocycles. The van der Waals surface area contributed by atoms with E-state index in [2.05, 4.69) is 18.7 Å². The van der Waals surface area contributed by atoms with Crippen molar-refractivity contribution in [2.75, 3.05) is 18.1 Å². The molecule has 0 aromatic heterocycles. The number of unbranched alkanes of at least 4 members (excludes halogenated alkanes) is 12. The maximum atomic E-state index is 8.68. The van der Waals surface area contributed by atoms with Gasteiger partial charge in [-0.05, 0) is 30.8 Å². The van der Waals surface area contributed by atoms with Crippen LogP contribution in [0.3, 0.4) is 0 Å². The van der Waals surface area contributed by atoms with Crippen LogP contribution in [0.15, 0.2) is 0 Å². The Hall–Kier alpha value is 0.310. The van der Waals surface area contributed by atoms with Crippen molar-refractivity contribution in [3.05, 3.63) is 0 Å². The van der Waals surface area contributed by atoms with Crippen LogP contribution in [-0.2, 0) is 0 Å². The van der Waals surface area contributed by atoms with Crippen molar-refractivity contribution in [2.24, 2.45) is 0 Å². The molecule has 0 atom stereocenters. The number of aliphatic hydroxyl groups excluding tert-OH is 1. The Morgan fingerprint density at radius 3 is 1.40 bits per heavy atom. The molecule has 0 aliphatic heterocycles. The summed E-state index contributed by atoms with van der Waals surface area (Å²) in [7, 11) is 0. The lowest BCUT2D eigenvalue weighted by atomic mass is 10.1. The van der Waals surface area contributed by atoms with Crippen LogP contribution >= 0.6 is 11.8 Å². The van der Waals surface area contributed by atoms with Crippen LogP contribution in [0.25, 0.3) is 0 Å². The van der Waals surface area contributed by atoms with Crippen molar-refractivity contribution in [1.82, 2.24) is 0 Å². The van der Waals surface area contributed by atoms with Gasteiger partial charge in [-0.2, -0.15) is 11.8 Å². The molecular weight excluding hydrogens is 264 g/mol. The fraction of sp³-hybridized carbons (Fsp3) is 1.00. The summed E-state index contributed by atoms with van der Waals surface area (Å²) >= 11 is 2.13. The summed E-state index contributed by atoms with van der Waals surface area (Å²) in [6.45, 7) is 2.65. The molecule has 20 heavy (non-hydrogen) atoms. The highest BCUT2D eigenvalue weighted by molar-refractivity contribution is 7.99. The number of thioether (sulfide) groups is 1. The fourth-order valence-corrected chi connectivity index (χ4v) is 3.48. The third kappa shape index (κ3) is 18.3. The highest BCUT2D eigenvalue weighted by Crippen LogP contribution is 2.13. The minimum Gasteiger partial charge on any atom is -0.396 e. The molecule has 0 aromatic rings. The van der Waals surface area contributed by atoms with E-state index >= 15 is 0 Å². The number of hydrogen-bond acceptors (Lipinski definition) is 2. The zero-order chi connectivity index (χ0) is 14.7. The molecule has 0 saturated heterocycles. The van der Waals surface area contributed by atoms with Gasteiger partial charge in [0.25, 0.3) is 0 Å². The Labute approximate surface area is 132 Å². The predicted molar refractivity (Wildman–Crippen MR) is 94.7 cm³/mol. The zero-order valence-electron chi connectivity index (χ0n) is 13.9. The zero-order valence-corrected chi connectivity index (χ0v) is 14.7. The second-order valence-electron chi connectivity index (χ2n) is 5.93. The maximum absolute atomic E-state index is 8.68. The van der Waals surface area contributed by atoms with E-state index in [1.807, 2.05) is 0 Å². The molecule has 1 N–H and O–H groups in total. The van der Waals surface area contributed by atoms with Gasteiger partial charge in [-0.15, -0.1) is 0 Å². The molecule has 0 aliphatic rings. The van der Waals surface area contributed by atoms with E-state index in [-0.39, 0.29) is 0 Å². The molecule has 2 heteroatoms. The average Bonchev–Trinajstić information content (AvgIpc) is 2.47. The lowest BCUT2D eigenvalue weighted by molar-refractivity contribution is 0.283. The van der Waals surface area contributed by atoms with E-state index in [9.17, 15) is 0 Å². The standard InChI is InChI=1S/C18H38OS/c1-2-3-4-5-6-7-8-9-11-14-17-20-18-15-12-10-13-16-19/h19H,2-18H2,1H3. The van der Waals surface area contributed by atoms with E-state index in [1.54, 1.807) is 0 Å². The molecule has 0 amide bonds. The molecule has 0 spiro atoms. The maximum Gasteiger partial charge on any atom is 0.0431 e. The molecular formula is C18H38OS. The first kappa shape index (κ1) is 20.3. The topological polar surface area (TPSA) is 20.2 Å². The SMILES string of the molecule is CCCCCCCCCCCCSCCCCCCO. The minimum absolute atomic E-state index is 0.367. The molecule has 1 nitrogen and oxygen atoms in total. The molecule has 0 bridgehead atoms. The summed E-state index contributed by atoms with van der Waals surface area (Å²) in [5.74, 6) is 2.68. The van der Waals surface area contributed by atoms with Crippen molar-refractivity contribution in [3.8, 4) is 0 Å². The number of rotatable bonds is 17. The summed E-state index contributed by atoms with van der Waals surface area (Å²) in [5.41, 5.74) is 0. The first-order chi connectivity index (χ1) is 9.91. The van der Waals surface area contributed by atoms with Crippen LogP contribution < -0.4 is 0 Å². The van der Waals surface area contributed by atoms with Crippen molar-refractivity contribution in [1.29, 1.82) is 0 Å². The third-order valence-electron chi connectivity index (χ3n) is 3.84. The number of hydrogen-bond donors (Lipinski definition) is 1. The smallest absolute Gasteiger partial charge is 0.0431 e. The van der Waals surface area contributed by atoms with Crippen molar-refractivity contribution >= 4 is 11.8 Å². The normalized spacial score (nSPS) is 11.1. The summed E-state index contributed by atoms with van der Waals surface area (Å²) in [4.78, 5) is 0. The second-order valence-corrected chi connectivity index (χ2v) is 7.16. The van der Waals surface area contributed by atoms with E-state index in [4.69, 9.17) is 5.11 Å². The molecule has 0 saturated carbocycles. The molecule has 0 fully saturated rings.